The molecule has 1 amide bonds. The van der Waals surface area contributed by atoms with E-state index < -0.39 is 11.7 Å². The van der Waals surface area contributed by atoms with Crippen LogP contribution in [0.1, 0.15) is 26.3 Å². The standard InChI is InChI=1S/C18H23N3O3/c1-18(2,3)24-17(22)21-14-9-10-20-16(13(14)11-19)12-7-5-6-8-15(12)23-4/h5-10H,11,19H2,1-4H3,(H,20,21,22). The van der Waals surface area contributed by atoms with Crippen molar-refractivity contribution in [1.82, 2.24) is 4.98 Å². The first-order valence-electron chi connectivity index (χ1n) is 7.67. The molecule has 2 rings (SSSR count). The third-order valence-corrected chi connectivity index (χ3v) is 3.26. The van der Waals surface area contributed by atoms with E-state index in [1.807, 2.05) is 45.0 Å². The number of hydrogen-bond donors (Lipinski definition) is 2. The SMILES string of the molecule is COc1ccccc1-c1nccc(NC(=O)OC(C)(C)C)c1CN. The minimum absolute atomic E-state index is 0.215. The average molecular weight is 329 g/mol. The summed E-state index contributed by atoms with van der Waals surface area (Å²) < 4.78 is 10.7. The topological polar surface area (TPSA) is 86.5 Å². The number of pyridine rings is 1. The summed E-state index contributed by atoms with van der Waals surface area (Å²) >= 11 is 0. The number of anilines is 1. The van der Waals surface area contributed by atoms with Crippen LogP contribution in [0, 0.1) is 0 Å². The molecule has 0 unspecified atom stereocenters. The lowest BCUT2D eigenvalue weighted by atomic mass is 10.0. The Balaban J connectivity index is 2.41. The van der Waals surface area contributed by atoms with Gasteiger partial charge in [0.15, 0.2) is 0 Å². The molecule has 0 aliphatic heterocycles. The van der Waals surface area contributed by atoms with Crippen molar-refractivity contribution < 1.29 is 14.3 Å². The maximum Gasteiger partial charge on any atom is 0.412 e. The lowest BCUT2D eigenvalue weighted by molar-refractivity contribution is 0.0636. The lowest BCUT2D eigenvalue weighted by Crippen LogP contribution is -2.27. The van der Waals surface area contributed by atoms with Crippen LogP contribution < -0.4 is 15.8 Å². The molecular weight excluding hydrogens is 306 g/mol. The van der Waals surface area contributed by atoms with Crippen LogP contribution in [0.25, 0.3) is 11.3 Å². The van der Waals surface area contributed by atoms with Gasteiger partial charge in [-0.1, -0.05) is 12.1 Å². The molecule has 0 bridgehead atoms. The summed E-state index contributed by atoms with van der Waals surface area (Å²) in [6.07, 6.45) is 1.09. The van der Waals surface area contributed by atoms with Crippen molar-refractivity contribution in [3.8, 4) is 17.0 Å². The van der Waals surface area contributed by atoms with Crippen LogP contribution >= 0.6 is 0 Å². The van der Waals surface area contributed by atoms with E-state index >= 15 is 0 Å². The molecule has 128 valence electrons. The van der Waals surface area contributed by atoms with Gasteiger partial charge in [0.2, 0.25) is 0 Å². The van der Waals surface area contributed by atoms with Gasteiger partial charge >= 0.3 is 6.09 Å². The largest absolute Gasteiger partial charge is 0.496 e. The first kappa shape index (κ1) is 17.7. The van der Waals surface area contributed by atoms with E-state index in [9.17, 15) is 4.79 Å². The highest BCUT2D eigenvalue weighted by Crippen LogP contribution is 2.33. The minimum Gasteiger partial charge on any atom is -0.496 e. The fraction of sp³-hybridized carbons (Fsp3) is 0.333. The molecule has 0 saturated carbocycles. The van der Waals surface area contributed by atoms with Gasteiger partial charge in [-0.05, 0) is 39.0 Å². The van der Waals surface area contributed by atoms with E-state index in [0.29, 0.717) is 22.7 Å². The van der Waals surface area contributed by atoms with Gasteiger partial charge in [0.25, 0.3) is 0 Å². The Bertz CT molecular complexity index is 724. The molecule has 3 N–H and O–H groups in total. The summed E-state index contributed by atoms with van der Waals surface area (Å²) in [6.45, 7) is 5.64. The Kier molecular flexibility index (Phi) is 5.41. The number of rotatable bonds is 4. The van der Waals surface area contributed by atoms with Gasteiger partial charge in [-0.25, -0.2) is 4.79 Å². The molecule has 0 spiro atoms. The van der Waals surface area contributed by atoms with Crippen LogP contribution in [0.2, 0.25) is 0 Å². The van der Waals surface area contributed by atoms with Gasteiger partial charge in [-0.3, -0.25) is 10.3 Å². The number of ether oxygens (including phenoxy) is 2. The van der Waals surface area contributed by atoms with Crippen molar-refractivity contribution in [2.45, 2.75) is 32.9 Å². The number of carbonyl (C=O) groups is 1. The van der Waals surface area contributed by atoms with Gasteiger partial charge < -0.3 is 15.2 Å². The number of aromatic nitrogens is 1. The molecule has 24 heavy (non-hydrogen) atoms. The fourth-order valence-electron chi connectivity index (χ4n) is 2.30. The molecule has 0 aliphatic carbocycles. The maximum atomic E-state index is 12.0. The van der Waals surface area contributed by atoms with Crippen molar-refractivity contribution in [1.29, 1.82) is 0 Å². The van der Waals surface area contributed by atoms with Crippen molar-refractivity contribution in [3.05, 3.63) is 42.1 Å². The Morgan fingerprint density at radius 3 is 2.58 bits per heavy atom. The molecule has 1 heterocycles. The maximum absolute atomic E-state index is 12.0. The fourth-order valence-corrected chi connectivity index (χ4v) is 2.30. The Morgan fingerprint density at radius 1 is 1.25 bits per heavy atom. The number of methoxy groups -OCH3 is 1. The van der Waals surface area contributed by atoms with E-state index in [0.717, 1.165) is 5.56 Å². The number of nitrogens with zero attached hydrogens (tertiary/aromatic N) is 1. The summed E-state index contributed by atoms with van der Waals surface area (Å²) in [7, 11) is 1.60. The monoisotopic (exact) mass is 329 g/mol. The molecular formula is C18H23N3O3. The Morgan fingerprint density at radius 2 is 1.96 bits per heavy atom. The third-order valence-electron chi connectivity index (χ3n) is 3.26. The number of para-hydroxylation sites is 1. The van der Waals surface area contributed by atoms with Crippen LogP contribution in [-0.4, -0.2) is 23.8 Å². The summed E-state index contributed by atoms with van der Waals surface area (Å²) in [6, 6.07) is 9.23. The minimum atomic E-state index is -0.578. The van der Waals surface area contributed by atoms with Crippen LogP contribution in [0.3, 0.4) is 0 Å². The van der Waals surface area contributed by atoms with Gasteiger partial charge in [-0.15, -0.1) is 0 Å². The number of nitrogens with one attached hydrogen (secondary N) is 1. The van der Waals surface area contributed by atoms with Crippen LogP contribution in [0.5, 0.6) is 5.75 Å². The first-order valence-corrected chi connectivity index (χ1v) is 7.67. The highest BCUT2D eigenvalue weighted by molar-refractivity contribution is 5.88. The smallest absolute Gasteiger partial charge is 0.412 e. The number of benzene rings is 1. The van der Waals surface area contributed by atoms with Gasteiger partial charge in [0.1, 0.15) is 11.4 Å². The molecule has 6 heteroatoms. The number of carbonyl (C=O) groups excluding carboxylic acids is 1. The van der Waals surface area contributed by atoms with Crippen LogP contribution in [-0.2, 0) is 11.3 Å². The normalized spacial score (nSPS) is 11.0. The Labute approximate surface area is 142 Å². The molecule has 0 saturated heterocycles. The second-order valence-electron chi connectivity index (χ2n) is 6.22. The molecule has 1 aromatic heterocycles. The lowest BCUT2D eigenvalue weighted by Gasteiger charge is -2.21. The van der Waals surface area contributed by atoms with Gasteiger partial charge in [-0.2, -0.15) is 0 Å². The predicted molar refractivity (Wildman–Crippen MR) is 94.0 cm³/mol. The average Bonchev–Trinajstić information content (AvgIpc) is 2.52. The van der Waals surface area contributed by atoms with Crippen molar-refractivity contribution in [2.24, 2.45) is 5.73 Å². The van der Waals surface area contributed by atoms with Gasteiger partial charge in [0, 0.05) is 23.9 Å². The van der Waals surface area contributed by atoms with Gasteiger partial charge in [0.05, 0.1) is 18.5 Å². The molecule has 0 fully saturated rings. The van der Waals surface area contributed by atoms with Crippen molar-refractivity contribution in [2.75, 3.05) is 12.4 Å². The van der Waals surface area contributed by atoms with E-state index in [-0.39, 0.29) is 6.54 Å². The third kappa shape index (κ3) is 4.23. The summed E-state index contributed by atoms with van der Waals surface area (Å²) in [5.74, 6) is 0.689. The van der Waals surface area contributed by atoms with Crippen molar-refractivity contribution in [3.63, 3.8) is 0 Å². The number of nitrogens with two attached hydrogens (primary N) is 1. The zero-order valence-corrected chi connectivity index (χ0v) is 14.4. The second-order valence-corrected chi connectivity index (χ2v) is 6.22. The molecule has 2 aromatic rings. The molecule has 0 atom stereocenters. The number of amides is 1. The first-order chi connectivity index (χ1) is 11.4. The highest BCUT2D eigenvalue weighted by atomic mass is 16.6. The number of hydrogen-bond acceptors (Lipinski definition) is 5. The van der Waals surface area contributed by atoms with E-state index in [4.69, 9.17) is 15.2 Å². The van der Waals surface area contributed by atoms with E-state index in [1.54, 1.807) is 19.4 Å². The summed E-state index contributed by atoms with van der Waals surface area (Å²) in [4.78, 5) is 16.5. The summed E-state index contributed by atoms with van der Waals surface area (Å²) in [5.41, 5.74) is 8.10. The van der Waals surface area contributed by atoms with E-state index in [2.05, 4.69) is 10.3 Å². The Hall–Kier alpha value is -2.60. The highest BCUT2D eigenvalue weighted by Gasteiger charge is 2.19. The summed E-state index contributed by atoms with van der Waals surface area (Å²) in [5, 5.41) is 2.74. The zero-order chi connectivity index (χ0) is 17.7. The molecule has 0 aliphatic rings. The van der Waals surface area contributed by atoms with Crippen molar-refractivity contribution >= 4 is 11.8 Å². The molecule has 0 radical (unpaired) electrons. The molecule has 6 nitrogen and oxygen atoms in total. The quantitative estimate of drug-likeness (QED) is 0.895. The zero-order valence-electron chi connectivity index (χ0n) is 14.4. The van der Waals surface area contributed by atoms with Crippen LogP contribution in [0.15, 0.2) is 36.5 Å². The predicted octanol–water partition coefficient (Wildman–Crippen LogP) is 3.56. The van der Waals surface area contributed by atoms with Crippen LogP contribution in [0.4, 0.5) is 10.5 Å². The van der Waals surface area contributed by atoms with E-state index in [1.165, 1.54) is 0 Å². The second kappa shape index (κ2) is 7.31. The molecule has 1 aromatic carbocycles.